The summed E-state index contributed by atoms with van der Waals surface area (Å²) in [6, 6.07) is 11.0. The second kappa shape index (κ2) is 9.35. The number of benzene rings is 2. The molecule has 0 aliphatic rings. The van der Waals surface area contributed by atoms with Crippen molar-refractivity contribution >= 4 is 44.2 Å². The molecule has 2 aromatic heterocycles. The molecule has 0 atom stereocenters. The molecule has 0 bridgehead atoms. The molecular weight excluding hydrogens is 480 g/mol. The number of H-pyrrole nitrogens is 1. The topological polar surface area (TPSA) is 145 Å². The molecule has 4 aromatic rings. The highest BCUT2D eigenvalue weighted by Gasteiger charge is 2.20. The lowest BCUT2D eigenvalue weighted by molar-refractivity contribution is 0.265. The summed E-state index contributed by atoms with van der Waals surface area (Å²) >= 11 is 6.10. The summed E-state index contributed by atoms with van der Waals surface area (Å²) in [5.74, 6) is 1.68. The number of sulfonamides is 1. The van der Waals surface area contributed by atoms with E-state index in [4.69, 9.17) is 26.8 Å². The third kappa shape index (κ3) is 4.85. The van der Waals surface area contributed by atoms with E-state index in [0.29, 0.717) is 52.2 Å². The smallest absolute Gasteiger partial charge is 0.263 e. The third-order valence-corrected chi connectivity index (χ3v) is 6.65. The Morgan fingerprint density at radius 2 is 1.88 bits per heavy atom. The van der Waals surface area contributed by atoms with Crippen LogP contribution in [0.4, 0.5) is 11.5 Å². The van der Waals surface area contributed by atoms with Gasteiger partial charge in [0.1, 0.15) is 21.8 Å². The maximum absolute atomic E-state index is 12.8. The second-order valence-corrected chi connectivity index (χ2v) is 9.93. The molecule has 0 amide bonds. The van der Waals surface area contributed by atoms with E-state index in [1.165, 1.54) is 19.2 Å². The Morgan fingerprint density at radius 1 is 1.15 bits per heavy atom. The Balaban J connectivity index is 1.63. The highest BCUT2D eigenvalue weighted by molar-refractivity contribution is 7.92. The fraction of sp³-hybridized carbons (Fsp3) is 0.227. The number of halogens is 1. The van der Waals surface area contributed by atoms with Crippen LogP contribution < -0.4 is 19.9 Å². The van der Waals surface area contributed by atoms with Gasteiger partial charge in [-0.25, -0.2) is 13.4 Å². The number of anilines is 2. The highest BCUT2D eigenvalue weighted by Crippen LogP contribution is 2.31. The number of nitrogens with one attached hydrogen (secondary N) is 2. The minimum atomic E-state index is -3.94. The van der Waals surface area contributed by atoms with Gasteiger partial charge in [0.2, 0.25) is 5.88 Å². The zero-order chi connectivity index (χ0) is 24.5. The van der Waals surface area contributed by atoms with Gasteiger partial charge >= 0.3 is 0 Å². The predicted molar refractivity (Wildman–Crippen MR) is 131 cm³/mol. The number of aromatic nitrogens is 4. The number of ether oxygens (including phenoxy) is 2. The lowest BCUT2D eigenvalue weighted by Crippen LogP contribution is -2.13. The van der Waals surface area contributed by atoms with Crippen LogP contribution in [-0.2, 0) is 10.0 Å². The number of aromatic amines is 1. The van der Waals surface area contributed by atoms with Crippen molar-refractivity contribution in [2.75, 3.05) is 24.2 Å². The maximum Gasteiger partial charge on any atom is 0.263 e. The van der Waals surface area contributed by atoms with Gasteiger partial charge in [0.25, 0.3) is 10.0 Å². The third-order valence-electron chi connectivity index (χ3n) is 4.78. The van der Waals surface area contributed by atoms with Crippen LogP contribution in [-0.4, -0.2) is 42.3 Å². The minimum Gasteiger partial charge on any atom is -0.497 e. The molecule has 0 unspecified atom stereocenters. The van der Waals surface area contributed by atoms with E-state index in [1.54, 1.807) is 30.3 Å². The van der Waals surface area contributed by atoms with Crippen LogP contribution in [0.1, 0.15) is 13.8 Å². The van der Waals surface area contributed by atoms with Crippen molar-refractivity contribution in [1.29, 1.82) is 0 Å². The summed E-state index contributed by atoms with van der Waals surface area (Å²) in [7, 11) is -2.50. The molecule has 0 spiro atoms. The molecule has 0 saturated carbocycles. The first-order valence-electron chi connectivity index (χ1n) is 10.3. The van der Waals surface area contributed by atoms with Crippen LogP contribution in [0.3, 0.4) is 0 Å². The highest BCUT2D eigenvalue weighted by atomic mass is 35.5. The number of nitrogens with zero attached hydrogens (tertiary/aromatic N) is 3. The van der Waals surface area contributed by atoms with E-state index in [1.807, 2.05) is 13.8 Å². The van der Waals surface area contributed by atoms with E-state index < -0.39 is 10.0 Å². The summed E-state index contributed by atoms with van der Waals surface area (Å²) in [6.07, 6.45) is 0. The van der Waals surface area contributed by atoms with Gasteiger partial charge in [-0.1, -0.05) is 25.4 Å². The Bertz CT molecular complexity index is 1440. The number of nitrogen functional groups attached to an aromatic ring is 1. The molecule has 34 heavy (non-hydrogen) atoms. The summed E-state index contributed by atoms with van der Waals surface area (Å²) in [4.78, 5) is 8.88. The SMILES string of the molecule is COc1ccc(Cl)c(S(=O)(=O)Nc2ccc(-c3nc(OCC(C)C)c4c(N)[nH]nc4n3)cc2)c1. The first-order chi connectivity index (χ1) is 16.2. The van der Waals surface area contributed by atoms with Crippen molar-refractivity contribution < 1.29 is 17.9 Å². The van der Waals surface area contributed by atoms with Gasteiger partial charge in [-0.05, 0) is 42.3 Å². The van der Waals surface area contributed by atoms with E-state index in [0.717, 1.165) is 0 Å². The van der Waals surface area contributed by atoms with Crippen LogP contribution in [0.5, 0.6) is 11.6 Å². The standard InChI is InChI=1S/C22H23ClN6O4S/c1-12(2)11-33-22-18-19(24)27-28-21(18)25-20(26-22)13-4-6-14(7-5-13)29-34(30,31)17-10-15(32-3)8-9-16(17)23/h4-10,12,29H,11H2,1-3H3,(H3,24,25,26,27,28). The van der Waals surface area contributed by atoms with E-state index in [9.17, 15) is 8.42 Å². The van der Waals surface area contributed by atoms with Crippen molar-refractivity contribution in [2.24, 2.45) is 5.92 Å². The van der Waals surface area contributed by atoms with Crippen molar-refractivity contribution in [2.45, 2.75) is 18.7 Å². The Kier molecular flexibility index (Phi) is 6.49. The monoisotopic (exact) mass is 502 g/mol. The summed E-state index contributed by atoms with van der Waals surface area (Å²) in [6.45, 7) is 4.50. The molecule has 10 nitrogen and oxygen atoms in total. The first-order valence-corrected chi connectivity index (χ1v) is 12.1. The normalized spacial score (nSPS) is 11.7. The largest absolute Gasteiger partial charge is 0.497 e. The quantitative estimate of drug-likeness (QED) is 0.326. The molecule has 178 valence electrons. The molecule has 2 aromatic carbocycles. The zero-order valence-corrected chi connectivity index (χ0v) is 20.2. The minimum absolute atomic E-state index is 0.0822. The van der Waals surface area contributed by atoms with Gasteiger partial charge in [0.05, 0.1) is 18.7 Å². The number of methoxy groups -OCH3 is 1. The molecule has 2 heterocycles. The van der Waals surface area contributed by atoms with Crippen molar-refractivity contribution in [3.63, 3.8) is 0 Å². The number of rotatable bonds is 8. The fourth-order valence-electron chi connectivity index (χ4n) is 3.11. The summed E-state index contributed by atoms with van der Waals surface area (Å²) < 4.78 is 39.2. The number of hydrogen-bond acceptors (Lipinski definition) is 8. The van der Waals surface area contributed by atoms with Crippen molar-refractivity contribution in [1.82, 2.24) is 20.2 Å². The van der Waals surface area contributed by atoms with Crippen LogP contribution in [0.2, 0.25) is 5.02 Å². The molecule has 0 aliphatic carbocycles. The molecule has 0 fully saturated rings. The van der Waals surface area contributed by atoms with Gasteiger partial charge < -0.3 is 15.2 Å². The van der Waals surface area contributed by atoms with Crippen molar-refractivity contribution in [3.8, 4) is 23.0 Å². The van der Waals surface area contributed by atoms with Gasteiger partial charge in [-0.3, -0.25) is 9.82 Å². The van der Waals surface area contributed by atoms with Crippen LogP contribution in [0.15, 0.2) is 47.4 Å². The van der Waals surface area contributed by atoms with Gasteiger partial charge in [0, 0.05) is 17.3 Å². The van der Waals surface area contributed by atoms with E-state index >= 15 is 0 Å². The number of hydrogen-bond donors (Lipinski definition) is 3. The fourth-order valence-corrected chi connectivity index (χ4v) is 4.68. The average Bonchev–Trinajstić information content (AvgIpc) is 3.18. The molecule has 0 saturated heterocycles. The Labute approximate surface area is 201 Å². The molecule has 0 aliphatic heterocycles. The van der Waals surface area contributed by atoms with Crippen molar-refractivity contribution in [3.05, 3.63) is 47.5 Å². The summed E-state index contributed by atoms with van der Waals surface area (Å²) in [5, 5.41) is 7.41. The molecule has 4 N–H and O–H groups in total. The zero-order valence-electron chi connectivity index (χ0n) is 18.7. The molecular formula is C22H23ClN6O4S. The van der Waals surface area contributed by atoms with Crippen LogP contribution in [0, 0.1) is 5.92 Å². The van der Waals surface area contributed by atoms with E-state index in [2.05, 4.69) is 24.9 Å². The summed E-state index contributed by atoms with van der Waals surface area (Å²) in [5.41, 5.74) is 7.32. The lowest BCUT2D eigenvalue weighted by atomic mass is 10.2. The van der Waals surface area contributed by atoms with Gasteiger partial charge in [-0.2, -0.15) is 10.1 Å². The number of nitrogens with two attached hydrogens (primary N) is 1. The molecule has 4 rings (SSSR count). The number of fused-ring (bicyclic) bond motifs is 1. The van der Waals surface area contributed by atoms with Gasteiger partial charge in [0.15, 0.2) is 11.5 Å². The average molecular weight is 503 g/mol. The second-order valence-electron chi connectivity index (χ2n) is 7.87. The predicted octanol–water partition coefficient (Wildman–Crippen LogP) is 4.10. The first kappa shape index (κ1) is 23.6. The maximum atomic E-state index is 12.8. The van der Waals surface area contributed by atoms with Crippen LogP contribution >= 0.6 is 11.6 Å². The Morgan fingerprint density at radius 3 is 2.56 bits per heavy atom. The molecule has 12 heteroatoms. The van der Waals surface area contributed by atoms with E-state index in [-0.39, 0.29) is 15.8 Å². The van der Waals surface area contributed by atoms with Crippen LogP contribution in [0.25, 0.3) is 22.4 Å². The van der Waals surface area contributed by atoms with Gasteiger partial charge in [-0.15, -0.1) is 0 Å². The Hall–Kier alpha value is -3.57. The lowest BCUT2D eigenvalue weighted by Gasteiger charge is -2.12. The molecule has 0 radical (unpaired) electrons.